The summed E-state index contributed by atoms with van der Waals surface area (Å²) in [7, 11) is 0. The molecule has 0 unspecified atom stereocenters. The molecule has 0 atom stereocenters. The van der Waals surface area contributed by atoms with Crippen molar-refractivity contribution in [1.82, 2.24) is 0 Å². The molecule has 10 heavy (non-hydrogen) atoms. The molecule has 0 spiro atoms. The lowest BCUT2D eigenvalue weighted by atomic mass is 10.2. The Morgan fingerprint density at radius 2 is 1.80 bits per heavy atom. The highest BCUT2D eigenvalue weighted by Gasteiger charge is 1.92. The van der Waals surface area contributed by atoms with Gasteiger partial charge in [0.2, 0.25) is 0 Å². The van der Waals surface area contributed by atoms with Crippen LogP contribution in [0.1, 0.15) is 5.56 Å². The molecule has 0 fully saturated rings. The van der Waals surface area contributed by atoms with Gasteiger partial charge in [-0.25, -0.2) is 0 Å². The zero-order valence-electron chi connectivity index (χ0n) is 5.22. The van der Waals surface area contributed by atoms with E-state index in [1.807, 2.05) is 30.3 Å². The monoisotopic (exact) mass is 172 g/mol. The van der Waals surface area contributed by atoms with Crippen LogP contribution in [0.4, 0.5) is 0 Å². The highest BCUT2D eigenvalue weighted by atomic mass is 35.5. The van der Waals surface area contributed by atoms with Crippen molar-refractivity contribution in [2.24, 2.45) is 0 Å². The molecule has 0 heterocycles. The molecule has 0 amide bonds. The number of rotatable bonds is 1. The Labute approximate surface area is 70.1 Å². The van der Waals surface area contributed by atoms with Crippen LogP contribution in [-0.4, -0.2) is 0 Å². The molecule has 1 aromatic rings. The third kappa shape index (κ3) is 1.76. The first-order chi connectivity index (χ1) is 4.84. The third-order valence-corrected chi connectivity index (χ3v) is 1.80. The molecule has 2 heteroatoms. The van der Waals surface area contributed by atoms with Crippen molar-refractivity contribution in [1.29, 1.82) is 0 Å². The summed E-state index contributed by atoms with van der Waals surface area (Å²) in [4.78, 5) is 0. The van der Waals surface area contributed by atoms with E-state index in [-0.39, 0.29) is 0 Å². The van der Waals surface area contributed by atoms with E-state index in [4.69, 9.17) is 23.2 Å². The molecule has 1 aromatic carbocycles. The summed E-state index contributed by atoms with van der Waals surface area (Å²) < 4.78 is 0. The summed E-state index contributed by atoms with van der Waals surface area (Å²) in [5.41, 5.74) is 2.30. The molecular formula is C8H6Cl2. The van der Waals surface area contributed by atoms with E-state index in [1.54, 1.807) is 0 Å². The fraction of sp³-hybridized carbons (Fsp3) is 0. The first-order valence-corrected chi connectivity index (χ1v) is 3.67. The maximum absolute atomic E-state index is 5.72. The normalized spacial score (nSPS) is 11.6. The Morgan fingerprint density at radius 3 is 2.30 bits per heavy atom. The smallest absolute Gasteiger partial charge is 0.0591 e. The zero-order chi connectivity index (χ0) is 7.40. The van der Waals surface area contributed by atoms with Gasteiger partial charge in [0.05, 0.1) is 5.03 Å². The predicted molar refractivity (Wildman–Crippen MR) is 46.1 cm³/mol. The first-order valence-electron chi connectivity index (χ1n) is 2.86. The van der Waals surface area contributed by atoms with E-state index in [0.29, 0.717) is 5.03 Å². The van der Waals surface area contributed by atoms with Crippen LogP contribution in [0.5, 0.6) is 0 Å². The van der Waals surface area contributed by atoms with Gasteiger partial charge in [-0.15, -0.1) is 0 Å². The summed E-state index contributed by atoms with van der Waals surface area (Å²) in [5, 5.41) is 0.572. The van der Waals surface area contributed by atoms with Crippen molar-refractivity contribution in [3.8, 4) is 0 Å². The van der Waals surface area contributed by atoms with Crippen LogP contribution >= 0.6 is 23.2 Å². The quantitative estimate of drug-likeness (QED) is 0.609. The molecule has 0 aliphatic heterocycles. The van der Waals surface area contributed by atoms with E-state index in [0.717, 1.165) is 5.56 Å². The minimum absolute atomic E-state index is 0.572. The zero-order valence-corrected chi connectivity index (χ0v) is 6.73. The van der Waals surface area contributed by atoms with Crippen LogP contribution in [0.25, 0.3) is 5.03 Å². The summed E-state index contributed by atoms with van der Waals surface area (Å²) in [6.07, 6.45) is 0. The van der Waals surface area contributed by atoms with Crippen LogP contribution in [-0.2, 0) is 0 Å². The molecule has 1 rings (SSSR count). The van der Waals surface area contributed by atoms with Crippen LogP contribution in [0.3, 0.4) is 0 Å². The van der Waals surface area contributed by atoms with Crippen molar-refractivity contribution in [2.45, 2.75) is 0 Å². The molecule has 0 bridgehead atoms. The molecular weight excluding hydrogens is 167 g/mol. The Balaban J connectivity index is 2.96. The van der Waals surface area contributed by atoms with Gasteiger partial charge in [-0.3, -0.25) is 0 Å². The van der Waals surface area contributed by atoms with Crippen LogP contribution < -0.4 is 0 Å². The fourth-order valence-electron chi connectivity index (χ4n) is 0.660. The van der Waals surface area contributed by atoms with E-state index in [2.05, 4.69) is 0 Å². The lowest BCUT2D eigenvalue weighted by Crippen LogP contribution is -1.71. The second kappa shape index (κ2) is 3.65. The van der Waals surface area contributed by atoms with Crippen molar-refractivity contribution in [2.75, 3.05) is 0 Å². The Morgan fingerprint density at radius 1 is 1.20 bits per heavy atom. The van der Waals surface area contributed by atoms with Gasteiger partial charge < -0.3 is 0 Å². The minimum Gasteiger partial charge on any atom is -0.0913 e. The van der Waals surface area contributed by atoms with Gasteiger partial charge in [0, 0.05) is 5.54 Å². The third-order valence-electron chi connectivity index (χ3n) is 1.15. The van der Waals surface area contributed by atoms with E-state index >= 15 is 0 Å². The molecule has 0 nitrogen and oxygen atoms in total. The summed E-state index contributed by atoms with van der Waals surface area (Å²) in [5.74, 6) is 0. The highest BCUT2D eigenvalue weighted by Crippen LogP contribution is 2.18. The molecule has 0 radical (unpaired) electrons. The largest absolute Gasteiger partial charge is 0.0913 e. The lowest BCUT2D eigenvalue weighted by molar-refractivity contribution is 1.65. The van der Waals surface area contributed by atoms with Gasteiger partial charge in [-0.05, 0) is 5.56 Å². The molecule has 0 N–H and O–H groups in total. The average Bonchev–Trinajstić information content (AvgIpc) is 2.05. The molecule has 52 valence electrons. The number of halogens is 2. The predicted octanol–water partition coefficient (Wildman–Crippen LogP) is 3.46. The SMILES string of the molecule is Cl/C=C(/Cl)c1ccccc1. The second-order valence-corrected chi connectivity index (χ2v) is 2.45. The molecule has 0 aromatic heterocycles. The fourth-order valence-corrected chi connectivity index (χ4v) is 0.912. The van der Waals surface area contributed by atoms with Crippen molar-refractivity contribution in [3.63, 3.8) is 0 Å². The maximum Gasteiger partial charge on any atom is 0.0591 e. The van der Waals surface area contributed by atoms with Gasteiger partial charge >= 0.3 is 0 Å². The highest BCUT2D eigenvalue weighted by molar-refractivity contribution is 6.52. The summed E-state index contributed by atoms with van der Waals surface area (Å²) in [6.45, 7) is 0. The number of benzene rings is 1. The van der Waals surface area contributed by atoms with Gasteiger partial charge in [0.1, 0.15) is 0 Å². The number of hydrogen-bond acceptors (Lipinski definition) is 0. The van der Waals surface area contributed by atoms with Crippen LogP contribution in [0, 0.1) is 0 Å². The lowest BCUT2D eigenvalue weighted by Gasteiger charge is -1.93. The van der Waals surface area contributed by atoms with Crippen LogP contribution in [0.15, 0.2) is 35.9 Å². The van der Waals surface area contributed by atoms with Gasteiger partial charge in [-0.1, -0.05) is 53.5 Å². The Bertz CT molecular complexity index is 226. The Hall–Kier alpha value is -0.460. The molecule has 0 aliphatic carbocycles. The number of hydrogen-bond donors (Lipinski definition) is 0. The first kappa shape index (κ1) is 7.64. The van der Waals surface area contributed by atoms with Gasteiger partial charge in [-0.2, -0.15) is 0 Å². The van der Waals surface area contributed by atoms with E-state index in [9.17, 15) is 0 Å². The summed E-state index contributed by atoms with van der Waals surface area (Å²) in [6, 6.07) is 9.57. The minimum atomic E-state index is 0.572. The van der Waals surface area contributed by atoms with E-state index in [1.165, 1.54) is 5.54 Å². The average molecular weight is 173 g/mol. The van der Waals surface area contributed by atoms with Crippen LogP contribution in [0.2, 0.25) is 0 Å². The van der Waals surface area contributed by atoms with Crippen molar-refractivity contribution < 1.29 is 0 Å². The second-order valence-electron chi connectivity index (χ2n) is 1.82. The molecule has 0 aliphatic rings. The summed E-state index contributed by atoms with van der Waals surface area (Å²) >= 11 is 11.1. The van der Waals surface area contributed by atoms with E-state index < -0.39 is 0 Å². The maximum atomic E-state index is 5.72. The van der Waals surface area contributed by atoms with Crippen molar-refractivity contribution >= 4 is 28.2 Å². The molecule has 0 saturated carbocycles. The Kier molecular flexibility index (Phi) is 2.79. The molecule has 0 saturated heterocycles. The van der Waals surface area contributed by atoms with Gasteiger partial charge in [0.15, 0.2) is 0 Å². The van der Waals surface area contributed by atoms with Gasteiger partial charge in [0.25, 0.3) is 0 Å². The van der Waals surface area contributed by atoms with Crippen molar-refractivity contribution in [3.05, 3.63) is 41.4 Å². The topological polar surface area (TPSA) is 0 Å². The standard InChI is InChI=1S/C8H6Cl2/c9-6-8(10)7-4-2-1-3-5-7/h1-6H/b8-6+.